The van der Waals surface area contributed by atoms with Gasteiger partial charge in [0.1, 0.15) is 5.75 Å². The third-order valence-corrected chi connectivity index (χ3v) is 3.71. The minimum Gasteiger partial charge on any atom is -0.494 e. The maximum Gasteiger partial charge on any atom is 0.232 e. The Balaban J connectivity index is 2.98. The molecule has 0 radical (unpaired) electrons. The molecule has 0 amide bonds. The summed E-state index contributed by atoms with van der Waals surface area (Å²) in [6.45, 7) is 1.82. The normalized spacial score (nSPS) is 11.0. The van der Waals surface area contributed by atoms with Gasteiger partial charge in [-0.1, -0.05) is 6.92 Å². The lowest BCUT2D eigenvalue weighted by atomic mass is 10.2. The lowest BCUT2D eigenvalue weighted by Gasteiger charge is -2.12. The average molecular weight is 258 g/mol. The van der Waals surface area contributed by atoms with Crippen LogP contribution in [0.2, 0.25) is 0 Å². The summed E-state index contributed by atoms with van der Waals surface area (Å²) in [5.74, 6) is 0.598. The Morgan fingerprint density at radius 3 is 2.59 bits per heavy atom. The van der Waals surface area contributed by atoms with E-state index < -0.39 is 10.0 Å². The van der Waals surface area contributed by atoms with E-state index >= 15 is 0 Å². The van der Waals surface area contributed by atoms with E-state index in [1.165, 1.54) is 7.11 Å². The molecule has 0 atom stereocenters. The minimum atomic E-state index is -3.29. The molecule has 17 heavy (non-hydrogen) atoms. The molecular weight excluding hydrogens is 240 g/mol. The maximum absolute atomic E-state index is 11.6. The molecule has 0 aromatic heterocycles. The van der Waals surface area contributed by atoms with Crippen molar-refractivity contribution in [3.8, 4) is 5.75 Å². The van der Waals surface area contributed by atoms with Crippen LogP contribution in [0.1, 0.15) is 13.3 Å². The predicted octanol–water partition coefficient (Wildman–Crippen LogP) is 1.89. The number of hydrogen-bond acceptors (Lipinski definition) is 4. The molecular formula is C11H18N2O3S. The summed E-state index contributed by atoms with van der Waals surface area (Å²) >= 11 is 0. The molecule has 1 rings (SSSR count). The number of ether oxygens (including phenoxy) is 1. The zero-order chi connectivity index (χ0) is 12.9. The lowest BCUT2D eigenvalue weighted by molar-refractivity contribution is 0.417. The molecule has 2 N–H and O–H groups in total. The molecule has 0 unspecified atom stereocenters. The highest BCUT2D eigenvalue weighted by atomic mass is 32.2. The van der Waals surface area contributed by atoms with Crippen molar-refractivity contribution in [3.63, 3.8) is 0 Å². The van der Waals surface area contributed by atoms with Gasteiger partial charge in [-0.05, 0) is 18.6 Å². The molecule has 0 saturated heterocycles. The molecule has 0 aliphatic carbocycles. The summed E-state index contributed by atoms with van der Waals surface area (Å²) in [5, 5.41) is 2.96. The second kappa shape index (κ2) is 5.77. The van der Waals surface area contributed by atoms with E-state index in [2.05, 4.69) is 10.0 Å². The maximum atomic E-state index is 11.6. The van der Waals surface area contributed by atoms with Gasteiger partial charge in [-0.25, -0.2) is 8.42 Å². The first-order valence-electron chi connectivity index (χ1n) is 5.38. The van der Waals surface area contributed by atoms with Gasteiger partial charge in [0.25, 0.3) is 0 Å². The van der Waals surface area contributed by atoms with Crippen molar-refractivity contribution in [3.05, 3.63) is 18.2 Å². The van der Waals surface area contributed by atoms with Crippen LogP contribution in [0, 0.1) is 0 Å². The summed E-state index contributed by atoms with van der Waals surface area (Å²) in [7, 11) is 0.00647. The number of hydrogen-bond donors (Lipinski definition) is 2. The molecule has 0 spiro atoms. The van der Waals surface area contributed by atoms with Gasteiger partial charge >= 0.3 is 0 Å². The second-order valence-electron chi connectivity index (χ2n) is 3.59. The summed E-state index contributed by atoms with van der Waals surface area (Å²) in [5.41, 5.74) is 1.32. The Hall–Kier alpha value is -1.43. The largest absolute Gasteiger partial charge is 0.494 e. The average Bonchev–Trinajstić information content (AvgIpc) is 2.29. The number of methoxy groups -OCH3 is 1. The van der Waals surface area contributed by atoms with Crippen LogP contribution in [-0.4, -0.2) is 28.3 Å². The predicted molar refractivity (Wildman–Crippen MR) is 70.2 cm³/mol. The molecule has 6 heteroatoms. The Morgan fingerprint density at radius 2 is 2.06 bits per heavy atom. The third kappa shape index (κ3) is 3.81. The fourth-order valence-electron chi connectivity index (χ4n) is 1.42. The SMILES string of the molecule is CCCS(=O)(=O)Nc1ccc(NC)cc1OC. The van der Waals surface area contributed by atoms with Crippen molar-refractivity contribution in [2.24, 2.45) is 0 Å². The van der Waals surface area contributed by atoms with Gasteiger partial charge in [-0.15, -0.1) is 0 Å². The fourth-order valence-corrected chi connectivity index (χ4v) is 2.56. The van der Waals surface area contributed by atoms with Crippen LogP contribution in [0.3, 0.4) is 0 Å². The van der Waals surface area contributed by atoms with Crippen molar-refractivity contribution in [2.75, 3.05) is 29.9 Å². The zero-order valence-electron chi connectivity index (χ0n) is 10.3. The van der Waals surface area contributed by atoms with Crippen molar-refractivity contribution >= 4 is 21.4 Å². The van der Waals surface area contributed by atoms with Gasteiger partial charge in [0.05, 0.1) is 18.6 Å². The van der Waals surface area contributed by atoms with Crippen LogP contribution in [0.15, 0.2) is 18.2 Å². The van der Waals surface area contributed by atoms with Gasteiger partial charge < -0.3 is 10.1 Å². The third-order valence-electron chi connectivity index (χ3n) is 2.23. The topological polar surface area (TPSA) is 67.4 Å². The van der Waals surface area contributed by atoms with Crippen LogP contribution in [0.5, 0.6) is 5.75 Å². The van der Waals surface area contributed by atoms with E-state index in [-0.39, 0.29) is 5.75 Å². The summed E-state index contributed by atoms with van der Waals surface area (Å²) < 4.78 is 30.9. The molecule has 0 fully saturated rings. The summed E-state index contributed by atoms with van der Waals surface area (Å²) in [4.78, 5) is 0. The van der Waals surface area contributed by atoms with Crippen molar-refractivity contribution < 1.29 is 13.2 Å². The highest BCUT2D eigenvalue weighted by Gasteiger charge is 2.12. The van der Waals surface area contributed by atoms with Gasteiger partial charge in [-0.3, -0.25) is 4.72 Å². The Bertz CT molecular complexity index is 472. The van der Waals surface area contributed by atoms with Crippen LogP contribution in [0.25, 0.3) is 0 Å². The molecule has 0 bridgehead atoms. The fraction of sp³-hybridized carbons (Fsp3) is 0.455. The quantitative estimate of drug-likeness (QED) is 0.817. The molecule has 1 aromatic rings. The first kappa shape index (κ1) is 13.6. The smallest absolute Gasteiger partial charge is 0.232 e. The molecule has 0 saturated carbocycles. The number of rotatable bonds is 6. The van der Waals surface area contributed by atoms with Crippen molar-refractivity contribution in [2.45, 2.75) is 13.3 Å². The summed E-state index contributed by atoms with van der Waals surface area (Å²) in [6.07, 6.45) is 0.576. The number of anilines is 2. The zero-order valence-corrected chi connectivity index (χ0v) is 11.1. The van der Waals surface area contributed by atoms with Gasteiger partial charge in [0.15, 0.2) is 0 Å². The van der Waals surface area contributed by atoms with E-state index in [1.807, 2.05) is 6.92 Å². The highest BCUT2D eigenvalue weighted by Crippen LogP contribution is 2.28. The molecule has 96 valence electrons. The van der Waals surface area contributed by atoms with Gasteiger partial charge in [-0.2, -0.15) is 0 Å². The second-order valence-corrected chi connectivity index (χ2v) is 5.43. The first-order chi connectivity index (χ1) is 8.02. The van der Waals surface area contributed by atoms with Crippen LogP contribution < -0.4 is 14.8 Å². The molecule has 0 aliphatic rings. The standard InChI is InChI=1S/C11H18N2O3S/c1-4-7-17(14,15)13-10-6-5-9(12-2)8-11(10)16-3/h5-6,8,12-13H,4,7H2,1-3H3. The Labute approximate surface area is 102 Å². The Morgan fingerprint density at radius 1 is 1.35 bits per heavy atom. The van der Waals surface area contributed by atoms with Crippen molar-refractivity contribution in [1.29, 1.82) is 0 Å². The van der Waals surface area contributed by atoms with E-state index in [9.17, 15) is 8.42 Å². The van der Waals surface area contributed by atoms with E-state index in [1.54, 1.807) is 25.2 Å². The monoisotopic (exact) mass is 258 g/mol. The van der Waals surface area contributed by atoms with Crippen molar-refractivity contribution in [1.82, 2.24) is 0 Å². The van der Waals surface area contributed by atoms with E-state index in [0.717, 1.165) is 5.69 Å². The lowest BCUT2D eigenvalue weighted by Crippen LogP contribution is -2.16. The van der Waals surface area contributed by atoms with Crippen LogP contribution in [-0.2, 0) is 10.0 Å². The van der Waals surface area contributed by atoms with Crippen LogP contribution >= 0.6 is 0 Å². The Kier molecular flexibility index (Phi) is 4.62. The number of sulfonamides is 1. The highest BCUT2D eigenvalue weighted by molar-refractivity contribution is 7.92. The minimum absolute atomic E-state index is 0.101. The molecule has 0 aliphatic heterocycles. The first-order valence-corrected chi connectivity index (χ1v) is 7.04. The molecule has 0 heterocycles. The van der Waals surface area contributed by atoms with Gasteiger partial charge in [0.2, 0.25) is 10.0 Å². The van der Waals surface area contributed by atoms with E-state index in [4.69, 9.17) is 4.74 Å². The van der Waals surface area contributed by atoms with E-state index in [0.29, 0.717) is 17.9 Å². The van der Waals surface area contributed by atoms with Crippen LogP contribution in [0.4, 0.5) is 11.4 Å². The number of nitrogens with one attached hydrogen (secondary N) is 2. The molecule has 5 nitrogen and oxygen atoms in total. The molecule has 1 aromatic carbocycles. The summed E-state index contributed by atoms with van der Waals surface area (Å²) in [6, 6.07) is 5.20. The number of benzene rings is 1. The van der Waals surface area contributed by atoms with Gasteiger partial charge in [0, 0.05) is 18.8 Å².